The number of aliphatic hydroxyl groups excluding tert-OH is 7. The Morgan fingerprint density at radius 2 is 1.02 bits per heavy atom. The van der Waals surface area contributed by atoms with Crippen LogP contribution in [0.1, 0.15) is 117 Å². The summed E-state index contributed by atoms with van der Waals surface area (Å²) in [6, 6.07) is 0. The van der Waals surface area contributed by atoms with Gasteiger partial charge in [0.2, 0.25) is 0 Å². The highest BCUT2D eigenvalue weighted by molar-refractivity contribution is 5.66. The van der Waals surface area contributed by atoms with Gasteiger partial charge >= 0.3 is 5.97 Å². The quantitative estimate of drug-likeness (QED) is 0.0280. The average Bonchev–Trinajstić information content (AvgIpc) is 3.22. The molecule has 2 heterocycles. The van der Waals surface area contributed by atoms with Crippen LogP contribution in [0.5, 0.6) is 0 Å². The van der Waals surface area contributed by atoms with Crippen molar-refractivity contribution in [2.75, 3.05) is 33.0 Å². The van der Waals surface area contributed by atoms with Crippen LogP contribution in [0.3, 0.4) is 0 Å². The predicted molar refractivity (Wildman–Crippen MR) is 224 cm³/mol. The molecule has 14 heteroatoms. The zero-order valence-corrected chi connectivity index (χ0v) is 35.5. The first-order chi connectivity index (χ1) is 28.6. The molecular formula is C45H76O14. The molecule has 340 valence electrons. The van der Waals surface area contributed by atoms with E-state index in [-0.39, 0.29) is 13.2 Å². The number of unbranched alkanes of at least 4 members (excludes halogenated alkanes) is 10. The highest BCUT2D eigenvalue weighted by Gasteiger charge is 2.47. The van der Waals surface area contributed by atoms with Crippen LogP contribution < -0.4 is 0 Å². The molecular weight excluding hydrogens is 764 g/mol. The van der Waals surface area contributed by atoms with Crippen LogP contribution in [-0.2, 0) is 33.2 Å². The van der Waals surface area contributed by atoms with Gasteiger partial charge in [-0.1, -0.05) is 119 Å². The second kappa shape index (κ2) is 33.3. The minimum absolute atomic E-state index is 0.0400. The summed E-state index contributed by atoms with van der Waals surface area (Å²) in [4.78, 5) is 11.7. The fourth-order valence-corrected chi connectivity index (χ4v) is 6.60. The summed E-state index contributed by atoms with van der Waals surface area (Å²) in [5.41, 5.74) is 0. The number of carbonyl (C=O) groups is 1. The van der Waals surface area contributed by atoms with Gasteiger partial charge < -0.3 is 64.2 Å². The fraction of sp³-hybridized carbons (Fsp3) is 0.756. The van der Waals surface area contributed by atoms with Crippen molar-refractivity contribution in [3.63, 3.8) is 0 Å². The van der Waals surface area contributed by atoms with E-state index in [0.29, 0.717) is 6.61 Å². The van der Waals surface area contributed by atoms with Crippen molar-refractivity contribution in [3.8, 4) is 0 Å². The van der Waals surface area contributed by atoms with E-state index in [0.717, 1.165) is 57.8 Å². The predicted octanol–water partition coefficient (Wildman–Crippen LogP) is 4.62. The van der Waals surface area contributed by atoms with Gasteiger partial charge in [-0.05, 0) is 51.4 Å². The van der Waals surface area contributed by atoms with Gasteiger partial charge in [0.05, 0.1) is 26.4 Å². The van der Waals surface area contributed by atoms with E-state index in [2.05, 4.69) is 67.7 Å². The highest BCUT2D eigenvalue weighted by atomic mass is 16.7. The lowest BCUT2D eigenvalue weighted by atomic mass is 9.98. The number of hydrogen-bond acceptors (Lipinski definition) is 14. The summed E-state index contributed by atoms with van der Waals surface area (Å²) in [5.74, 6) is -0.557. The number of esters is 1. The Balaban J connectivity index is 1.51. The Morgan fingerprint density at radius 1 is 0.559 bits per heavy atom. The molecule has 0 aliphatic carbocycles. The molecule has 2 aliphatic heterocycles. The monoisotopic (exact) mass is 841 g/mol. The lowest BCUT2D eigenvalue weighted by Crippen LogP contribution is -2.61. The van der Waals surface area contributed by atoms with Crippen LogP contribution in [0.2, 0.25) is 0 Å². The first kappa shape index (κ1) is 52.8. The van der Waals surface area contributed by atoms with Crippen molar-refractivity contribution in [2.24, 2.45) is 0 Å². The Kier molecular flexibility index (Phi) is 29.8. The maximum absolute atomic E-state index is 11.7. The molecule has 0 bridgehead atoms. The molecule has 7 N–H and O–H groups in total. The summed E-state index contributed by atoms with van der Waals surface area (Å²) in [7, 11) is 0. The molecule has 0 saturated carbocycles. The zero-order valence-electron chi connectivity index (χ0n) is 35.5. The number of allylic oxidation sites excluding steroid dienone is 10. The van der Waals surface area contributed by atoms with Crippen LogP contribution in [0.25, 0.3) is 0 Å². The topological polar surface area (TPSA) is 214 Å². The van der Waals surface area contributed by atoms with Gasteiger partial charge in [-0.25, -0.2) is 0 Å². The molecule has 2 rings (SSSR count). The smallest absolute Gasteiger partial charge is 0.303 e. The van der Waals surface area contributed by atoms with Gasteiger partial charge in [-0.3, -0.25) is 4.79 Å². The van der Waals surface area contributed by atoms with Gasteiger partial charge in [-0.2, -0.15) is 0 Å². The Labute approximate surface area is 352 Å². The third-order valence-corrected chi connectivity index (χ3v) is 10.1. The minimum Gasteiger partial charge on any atom is -0.458 e. The largest absolute Gasteiger partial charge is 0.458 e. The molecule has 0 amide bonds. The Bertz CT molecular complexity index is 1210. The first-order valence-electron chi connectivity index (χ1n) is 21.8. The van der Waals surface area contributed by atoms with E-state index < -0.39 is 86.7 Å². The van der Waals surface area contributed by atoms with Crippen LogP contribution in [0.4, 0.5) is 0 Å². The van der Waals surface area contributed by atoms with Crippen molar-refractivity contribution < 1.29 is 69.0 Å². The maximum Gasteiger partial charge on any atom is 0.303 e. The van der Waals surface area contributed by atoms with E-state index in [9.17, 15) is 40.5 Å². The van der Waals surface area contributed by atoms with E-state index in [1.165, 1.54) is 51.9 Å². The molecule has 2 saturated heterocycles. The molecule has 2 fully saturated rings. The molecule has 0 aromatic rings. The number of ether oxygens (including phenoxy) is 6. The normalized spacial score (nSPS) is 28.6. The molecule has 11 atom stereocenters. The Morgan fingerprint density at radius 3 is 1.54 bits per heavy atom. The molecule has 0 aromatic carbocycles. The van der Waals surface area contributed by atoms with Crippen LogP contribution in [-0.4, -0.2) is 142 Å². The number of rotatable bonds is 32. The molecule has 0 spiro atoms. The van der Waals surface area contributed by atoms with Gasteiger partial charge in [0, 0.05) is 13.5 Å². The molecule has 0 aromatic heterocycles. The van der Waals surface area contributed by atoms with Crippen molar-refractivity contribution >= 4 is 5.97 Å². The van der Waals surface area contributed by atoms with Crippen LogP contribution in [0, 0.1) is 0 Å². The SMILES string of the molecule is CC/C=C\C/C=C\C/C=C\C/C=C\C/C=C\CCCCCCCCCCCCOCC(COC1OC(COC2OC(CO)C(O)C(O)C2O)C(O)C(O)C1O)OC(C)=O. The summed E-state index contributed by atoms with van der Waals surface area (Å²) in [6.07, 6.45) is 24.1. The second-order valence-electron chi connectivity index (χ2n) is 15.2. The number of carbonyl (C=O) groups excluding carboxylic acids is 1. The van der Waals surface area contributed by atoms with Crippen LogP contribution >= 0.6 is 0 Å². The zero-order chi connectivity index (χ0) is 43.1. The van der Waals surface area contributed by atoms with E-state index >= 15 is 0 Å². The van der Waals surface area contributed by atoms with Gasteiger partial charge in [-0.15, -0.1) is 0 Å². The molecule has 14 nitrogen and oxygen atoms in total. The first-order valence-corrected chi connectivity index (χ1v) is 21.8. The van der Waals surface area contributed by atoms with Crippen molar-refractivity contribution in [3.05, 3.63) is 60.8 Å². The fourth-order valence-electron chi connectivity index (χ4n) is 6.60. The second-order valence-corrected chi connectivity index (χ2v) is 15.2. The number of hydrogen-bond donors (Lipinski definition) is 7. The maximum atomic E-state index is 11.7. The number of aliphatic hydroxyl groups is 7. The standard InChI is InChI=1S/C45H76O14/c1-3-4-5-6-7-8-9-10-11-12-13-14-15-16-17-18-19-20-21-22-23-24-25-26-27-28-29-54-31-35(57-34(2)47)32-55-44-43(53)41(51)39(49)37(59-44)33-56-45-42(52)40(50)38(48)36(30-46)58-45/h4-5,7-8,10-11,13-14,16-17,35-46,48-53H,3,6,9,12,15,18-33H2,1-2H3/b5-4-,8-7-,11-10-,14-13-,17-16-. The Hall–Kier alpha value is -2.31. The summed E-state index contributed by atoms with van der Waals surface area (Å²) < 4.78 is 33.1. The molecule has 59 heavy (non-hydrogen) atoms. The third-order valence-electron chi connectivity index (χ3n) is 10.1. The summed E-state index contributed by atoms with van der Waals surface area (Å²) in [6.45, 7) is 2.52. The van der Waals surface area contributed by atoms with E-state index in [1.54, 1.807) is 0 Å². The van der Waals surface area contributed by atoms with Gasteiger partial charge in [0.1, 0.15) is 54.9 Å². The summed E-state index contributed by atoms with van der Waals surface area (Å²) in [5, 5.41) is 71.0. The van der Waals surface area contributed by atoms with Crippen molar-refractivity contribution in [1.82, 2.24) is 0 Å². The summed E-state index contributed by atoms with van der Waals surface area (Å²) >= 11 is 0. The average molecular weight is 841 g/mol. The van der Waals surface area contributed by atoms with E-state index in [4.69, 9.17) is 28.4 Å². The molecule has 11 unspecified atom stereocenters. The van der Waals surface area contributed by atoms with Gasteiger partial charge in [0.25, 0.3) is 0 Å². The third kappa shape index (κ3) is 22.9. The molecule has 2 aliphatic rings. The van der Waals surface area contributed by atoms with Crippen molar-refractivity contribution in [2.45, 2.75) is 184 Å². The highest BCUT2D eigenvalue weighted by Crippen LogP contribution is 2.26. The lowest BCUT2D eigenvalue weighted by molar-refractivity contribution is -0.332. The molecule has 0 radical (unpaired) electrons. The van der Waals surface area contributed by atoms with E-state index in [1.807, 2.05) is 0 Å². The van der Waals surface area contributed by atoms with Crippen LogP contribution in [0.15, 0.2) is 60.8 Å². The van der Waals surface area contributed by atoms with Gasteiger partial charge in [0.15, 0.2) is 12.6 Å². The lowest BCUT2D eigenvalue weighted by Gasteiger charge is -2.42. The minimum atomic E-state index is -1.70. The van der Waals surface area contributed by atoms with Crippen molar-refractivity contribution in [1.29, 1.82) is 0 Å².